The second kappa shape index (κ2) is 8.99. The van der Waals surface area contributed by atoms with E-state index in [0.29, 0.717) is 22.1 Å². The summed E-state index contributed by atoms with van der Waals surface area (Å²) in [6.07, 6.45) is 1.53. The zero-order valence-corrected chi connectivity index (χ0v) is 18.1. The number of hydrogen-bond donors (Lipinski definition) is 2. The van der Waals surface area contributed by atoms with Crippen molar-refractivity contribution >= 4 is 45.6 Å². The minimum atomic E-state index is -0.514. The number of hydrogen-bond acceptors (Lipinski definition) is 8. The summed E-state index contributed by atoms with van der Waals surface area (Å²) in [6, 6.07) is 12.4. The number of Topliss-reactive ketones (excluding diaryl/α,β-unsaturated/α-hetero) is 1. The molecule has 1 unspecified atom stereocenters. The molecule has 1 atom stereocenters. The Kier molecular flexibility index (Phi) is 6.15. The number of phenolic OH excluding ortho intramolecular Hbond substituents is 1. The van der Waals surface area contributed by atoms with Crippen LogP contribution in [0.3, 0.4) is 0 Å². The zero-order valence-electron chi connectivity index (χ0n) is 16.5. The molecular formula is C22H18N2O5S2. The third-order valence-corrected chi connectivity index (χ3v) is 6.44. The van der Waals surface area contributed by atoms with E-state index in [1.807, 2.05) is 30.3 Å². The van der Waals surface area contributed by atoms with E-state index in [1.165, 1.54) is 13.0 Å². The number of nitrogens with zero attached hydrogens (tertiary/aromatic N) is 1. The average Bonchev–Trinajstić information content (AvgIpc) is 3.12. The average molecular weight is 455 g/mol. The minimum absolute atomic E-state index is 0.0647. The predicted molar refractivity (Wildman–Crippen MR) is 119 cm³/mol. The lowest BCUT2D eigenvalue weighted by Gasteiger charge is -2.26. The van der Waals surface area contributed by atoms with Crippen molar-refractivity contribution in [2.45, 2.75) is 30.8 Å². The van der Waals surface area contributed by atoms with Gasteiger partial charge in [0.05, 0.1) is 4.90 Å². The van der Waals surface area contributed by atoms with Gasteiger partial charge in [-0.2, -0.15) is 0 Å². The van der Waals surface area contributed by atoms with Crippen LogP contribution in [-0.2, 0) is 9.59 Å². The molecule has 9 heteroatoms. The standard InChI is InChI=1S/C22H18N2O5S2/c1-12(25)24-31-18-10-9-16(26)19-17(27)11-14(29-20(18)19)7-8-15-22(28)30-21(23-15)13-5-3-2-4-6-13/h2-6,8-10,14,26H,7,11H2,1H3,(H,24,25). The van der Waals surface area contributed by atoms with Gasteiger partial charge in [-0.1, -0.05) is 36.4 Å². The van der Waals surface area contributed by atoms with Crippen LogP contribution in [0.5, 0.6) is 11.5 Å². The zero-order chi connectivity index (χ0) is 22.0. The van der Waals surface area contributed by atoms with E-state index in [-0.39, 0.29) is 40.3 Å². The highest BCUT2D eigenvalue weighted by Crippen LogP contribution is 2.41. The largest absolute Gasteiger partial charge is 0.507 e. The van der Waals surface area contributed by atoms with E-state index in [0.717, 1.165) is 29.3 Å². The summed E-state index contributed by atoms with van der Waals surface area (Å²) < 4.78 is 8.58. The summed E-state index contributed by atoms with van der Waals surface area (Å²) in [5.74, 6) is -0.435. The summed E-state index contributed by atoms with van der Waals surface area (Å²) in [7, 11) is 0. The fraction of sp³-hybridized carbons (Fsp3) is 0.182. The Labute approximate surface area is 187 Å². The summed E-state index contributed by atoms with van der Waals surface area (Å²) in [6.45, 7) is 1.38. The Balaban J connectivity index is 1.54. The number of fused-ring (bicyclic) bond motifs is 1. The molecule has 0 saturated carbocycles. The number of carbonyl (C=O) groups is 3. The highest BCUT2D eigenvalue weighted by Gasteiger charge is 2.32. The third-order valence-electron chi connectivity index (χ3n) is 4.60. The molecule has 0 aromatic heterocycles. The molecule has 0 fully saturated rings. The Morgan fingerprint density at radius 3 is 2.81 bits per heavy atom. The van der Waals surface area contributed by atoms with Gasteiger partial charge in [0.15, 0.2) is 5.78 Å². The van der Waals surface area contributed by atoms with Gasteiger partial charge in [-0.05, 0) is 35.8 Å². The first-order valence-electron chi connectivity index (χ1n) is 9.48. The van der Waals surface area contributed by atoms with E-state index < -0.39 is 6.10 Å². The van der Waals surface area contributed by atoms with Gasteiger partial charge in [-0.25, -0.2) is 4.99 Å². The molecule has 0 aliphatic carbocycles. The number of thioether (sulfide) groups is 1. The molecule has 0 spiro atoms. The SMILES string of the molecule is CC(=O)NSc1ccc(O)c2c1OC(CC=C1N=C(c3ccccc3)SC1=O)CC2=O. The molecule has 2 aliphatic heterocycles. The van der Waals surface area contributed by atoms with Crippen molar-refractivity contribution in [2.24, 2.45) is 4.99 Å². The summed E-state index contributed by atoms with van der Waals surface area (Å²) in [5.41, 5.74) is 1.31. The molecule has 1 amide bonds. The summed E-state index contributed by atoms with van der Waals surface area (Å²) in [5, 5.41) is 10.6. The van der Waals surface area contributed by atoms with Gasteiger partial charge in [0.1, 0.15) is 33.9 Å². The van der Waals surface area contributed by atoms with Crippen LogP contribution in [0.1, 0.15) is 35.7 Å². The van der Waals surface area contributed by atoms with Crippen molar-refractivity contribution in [1.82, 2.24) is 4.72 Å². The number of carbonyl (C=O) groups excluding carboxylic acids is 3. The van der Waals surface area contributed by atoms with E-state index in [1.54, 1.807) is 12.1 Å². The lowest BCUT2D eigenvalue weighted by Crippen LogP contribution is -2.27. The van der Waals surface area contributed by atoms with E-state index in [2.05, 4.69) is 9.71 Å². The number of ketones is 1. The van der Waals surface area contributed by atoms with Crippen molar-refractivity contribution < 1.29 is 24.2 Å². The first kappa shape index (κ1) is 21.2. The maximum absolute atomic E-state index is 12.6. The molecule has 7 nitrogen and oxygen atoms in total. The molecule has 2 aromatic rings. The van der Waals surface area contributed by atoms with Crippen molar-refractivity contribution in [3.63, 3.8) is 0 Å². The Morgan fingerprint density at radius 2 is 2.06 bits per heavy atom. The number of rotatable bonds is 5. The highest BCUT2D eigenvalue weighted by molar-refractivity contribution is 8.27. The number of amides is 1. The molecule has 31 heavy (non-hydrogen) atoms. The second-order valence-electron chi connectivity index (χ2n) is 6.91. The molecular weight excluding hydrogens is 436 g/mol. The fourth-order valence-corrected chi connectivity index (χ4v) is 4.63. The monoisotopic (exact) mass is 454 g/mol. The van der Waals surface area contributed by atoms with Crippen LogP contribution in [0.2, 0.25) is 0 Å². The van der Waals surface area contributed by atoms with E-state index in [9.17, 15) is 19.5 Å². The van der Waals surface area contributed by atoms with Gasteiger partial charge in [0, 0.05) is 25.3 Å². The lowest BCUT2D eigenvalue weighted by molar-refractivity contribution is -0.117. The molecule has 158 valence electrons. The van der Waals surface area contributed by atoms with Crippen LogP contribution >= 0.6 is 23.7 Å². The first-order valence-corrected chi connectivity index (χ1v) is 11.1. The van der Waals surface area contributed by atoms with Crippen LogP contribution in [0, 0.1) is 0 Å². The number of phenols is 1. The van der Waals surface area contributed by atoms with Gasteiger partial charge in [-0.15, -0.1) is 0 Å². The molecule has 2 heterocycles. The second-order valence-corrected chi connectivity index (χ2v) is 8.72. The van der Waals surface area contributed by atoms with Crippen molar-refractivity contribution in [1.29, 1.82) is 0 Å². The third kappa shape index (κ3) is 4.67. The molecule has 4 rings (SSSR count). The highest BCUT2D eigenvalue weighted by atomic mass is 32.2. The van der Waals surface area contributed by atoms with Gasteiger partial charge >= 0.3 is 0 Å². The van der Waals surface area contributed by atoms with Gasteiger partial charge < -0.3 is 9.84 Å². The van der Waals surface area contributed by atoms with Crippen LogP contribution in [0.15, 0.2) is 64.1 Å². The van der Waals surface area contributed by atoms with Crippen LogP contribution < -0.4 is 9.46 Å². The maximum atomic E-state index is 12.6. The normalized spacial score (nSPS) is 19.1. The lowest BCUT2D eigenvalue weighted by atomic mass is 9.98. The number of aliphatic imine (C=N–C) groups is 1. The Bertz CT molecular complexity index is 1130. The summed E-state index contributed by atoms with van der Waals surface area (Å²) >= 11 is 2.09. The number of aromatic hydroxyl groups is 1. The van der Waals surface area contributed by atoms with Gasteiger partial charge in [-0.3, -0.25) is 19.1 Å². The minimum Gasteiger partial charge on any atom is -0.507 e. The van der Waals surface area contributed by atoms with Gasteiger partial charge in [0.2, 0.25) is 11.0 Å². The van der Waals surface area contributed by atoms with Crippen LogP contribution in [0.25, 0.3) is 0 Å². The maximum Gasteiger partial charge on any atom is 0.243 e. The topological polar surface area (TPSA) is 105 Å². The number of ether oxygens (including phenoxy) is 1. The molecule has 0 radical (unpaired) electrons. The number of nitrogens with one attached hydrogen (secondary N) is 1. The fourth-order valence-electron chi connectivity index (χ4n) is 3.19. The number of benzene rings is 2. The van der Waals surface area contributed by atoms with Crippen LogP contribution in [-0.4, -0.2) is 33.1 Å². The Morgan fingerprint density at radius 1 is 1.29 bits per heavy atom. The quantitative estimate of drug-likeness (QED) is 0.522. The van der Waals surface area contributed by atoms with Gasteiger partial charge in [0.25, 0.3) is 0 Å². The van der Waals surface area contributed by atoms with E-state index in [4.69, 9.17) is 4.74 Å². The smallest absolute Gasteiger partial charge is 0.243 e. The molecule has 2 aliphatic rings. The predicted octanol–water partition coefficient (Wildman–Crippen LogP) is 3.86. The van der Waals surface area contributed by atoms with Crippen molar-refractivity contribution in [3.05, 3.63) is 65.4 Å². The molecule has 0 bridgehead atoms. The summed E-state index contributed by atoms with van der Waals surface area (Å²) in [4.78, 5) is 41.2. The first-order chi connectivity index (χ1) is 14.9. The molecule has 2 aromatic carbocycles. The Hall–Kier alpha value is -3.04. The van der Waals surface area contributed by atoms with E-state index >= 15 is 0 Å². The van der Waals surface area contributed by atoms with Crippen molar-refractivity contribution in [2.75, 3.05) is 0 Å². The molecule has 0 saturated heterocycles. The van der Waals surface area contributed by atoms with Crippen LogP contribution in [0.4, 0.5) is 0 Å². The molecule has 2 N–H and O–H groups in total. The van der Waals surface area contributed by atoms with Crippen molar-refractivity contribution in [3.8, 4) is 11.5 Å².